The topological polar surface area (TPSA) is 98.7 Å². The Morgan fingerprint density at radius 3 is 2.38 bits per heavy atom. The molecule has 0 saturated heterocycles. The second-order valence-corrected chi connectivity index (χ2v) is 7.40. The molecule has 0 fully saturated rings. The molecular weight excluding hydrogens is 352 g/mol. The molecule has 0 aliphatic carbocycles. The van der Waals surface area contributed by atoms with Crippen LogP contribution in [0.3, 0.4) is 0 Å². The second kappa shape index (κ2) is 8.25. The zero-order chi connectivity index (χ0) is 19.3. The second-order valence-electron chi connectivity index (χ2n) is 6.28. The van der Waals surface area contributed by atoms with E-state index >= 15 is 0 Å². The monoisotopic (exact) mass is 374 g/mol. The molecule has 0 bridgehead atoms. The van der Waals surface area contributed by atoms with Crippen molar-refractivity contribution in [2.45, 2.75) is 36.2 Å². The van der Waals surface area contributed by atoms with Crippen molar-refractivity contribution in [3.8, 4) is 0 Å². The lowest BCUT2D eigenvalue weighted by Gasteiger charge is -2.18. The Kier molecular flexibility index (Phi) is 6.28. The van der Waals surface area contributed by atoms with E-state index in [0.717, 1.165) is 11.8 Å². The molecule has 0 radical (unpaired) electrons. The number of carboxylic acid groups (broad SMARTS) is 1. The van der Waals surface area contributed by atoms with Gasteiger partial charge in [0.25, 0.3) is 0 Å². The van der Waals surface area contributed by atoms with Crippen LogP contribution >= 0.6 is 11.8 Å². The predicted molar refractivity (Wildman–Crippen MR) is 102 cm³/mol. The Labute approximate surface area is 156 Å². The van der Waals surface area contributed by atoms with E-state index in [9.17, 15) is 14.7 Å². The lowest BCUT2D eigenvalue weighted by molar-refractivity contribution is -0.155. The molecule has 1 atom stereocenters. The molecule has 0 heterocycles. The van der Waals surface area contributed by atoms with Gasteiger partial charge in [0.1, 0.15) is 0 Å². The van der Waals surface area contributed by atoms with E-state index in [4.69, 9.17) is 5.11 Å². The standard InChI is InChI=1S/C19H22N2O4S/c1-12-4-5-13(2)16(10-12)26-15-8-6-14(7-9-15)21-18(24)20-11-19(3,25)17(22)23/h4-10,25H,11H2,1-3H3,(H,22,23)(H2,20,21,24). The van der Waals surface area contributed by atoms with E-state index in [-0.39, 0.29) is 0 Å². The highest BCUT2D eigenvalue weighted by atomic mass is 32.2. The first-order valence-electron chi connectivity index (χ1n) is 8.03. The van der Waals surface area contributed by atoms with Gasteiger partial charge in [0, 0.05) is 15.5 Å². The van der Waals surface area contributed by atoms with Crippen molar-refractivity contribution in [2.75, 3.05) is 11.9 Å². The third kappa shape index (κ3) is 5.50. The molecule has 2 rings (SSSR count). The molecule has 2 aromatic carbocycles. The number of carbonyl (C=O) groups excluding carboxylic acids is 1. The van der Waals surface area contributed by atoms with Gasteiger partial charge in [-0.25, -0.2) is 9.59 Å². The number of nitrogens with one attached hydrogen (secondary N) is 2. The fourth-order valence-electron chi connectivity index (χ4n) is 2.05. The maximum absolute atomic E-state index is 11.8. The molecular formula is C19H22N2O4S. The van der Waals surface area contributed by atoms with Crippen molar-refractivity contribution in [3.05, 3.63) is 53.6 Å². The van der Waals surface area contributed by atoms with E-state index in [1.165, 1.54) is 16.0 Å². The summed E-state index contributed by atoms with van der Waals surface area (Å²) in [4.78, 5) is 24.8. The van der Waals surface area contributed by atoms with Gasteiger partial charge in [0.2, 0.25) is 0 Å². The van der Waals surface area contributed by atoms with Gasteiger partial charge in [0.05, 0.1) is 6.54 Å². The quantitative estimate of drug-likeness (QED) is 0.621. The van der Waals surface area contributed by atoms with Crippen molar-refractivity contribution >= 4 is 29.4 Å². The maximum atomic E-state index is 11.8. The fraction of sp³-hybridized carbons (Fsp3) is 0.263. The van der Waals surface area contributed by atoms with Crippen LogP contribution in [0.1, 0.15) is 18.1 Å². The summed E-state index contributed by atoms with van der Waals surface area (Å²) < 4.78 is 0. The van der Waals surface area contributed by atoms with Gasteiger partial charge < -0.3 is 20.8 Å². The first kappa shape index (κ1) is 19.8. The maximum Gasteiger partial charge on any atom is 0.337 e. The highest BCUT2D eigenvalue weighted by Gasteiger charge is 2.30. The number of urea groups is 1. The van der Waals surface area contributed by atoms with Gasteiger partial charge in [-0.15, -0.1) is 0 Å². The van der Waals surface area contributed by atoms with Gasteiger partial charge in [0.15, 0.2) is 5.60 Å². The summed E-state index contributed by atoms with van der Waals surface area (Å²) in [6.07, 6.45) is 0. The van der Waals surface area contributed by atoms with Gasteiger partial charge in [-0.05, 0) is 62.2 Å². The van der Waals surface area contributed by atoms with Crippen molar-refractivity contribution < 1.29 is 19.8 Å². The number of rotatable bonds is 6. The number of carboxylic acids is 1. The average molecular weight is 374 g/mol. The van der Waals surface area contributed by atoms with Crippen LogP contribution in [0.25, 0.3) is 0 Å². The highest BCUT2D eigenvalue weighted by molar-refractivity contribution is 7.99. The fourth-order valence-corrected chi connectivity index (χ4v) is 3.05. The Hall–Kier alpha value is -2.51. The largest absolute Gasteiger partial charge is 0.479 e. The summed E-state index contributed by atoms with van der Waals surface area (Å²) in [5.74, 6) is -1.40. The number of amides is 2. The van der Waals surface area contributed by atoms with Crippen LogP contribution in [0, 0.1) is 13.8 Å². The molecule has 0 spiro atoms. The van der Waals surface area contributed by atoms with E-state index < -0.39 is 24.1 Å². The summed E-state index contributed by atoms with van der Waals surface area (Å²) in [6, 6.07) is 13.0. The number of benzene rings is 2. The summed E-state index contributed by atoms with van der Waals surface area (Å²) in [5.41, 5.74) is 0.963. The normalized spacial score (nSPS) is 12.9. The smallest absolute Gasteiger partial charge is 0.337 e. The summed E-state index contributed by atoms with van der Waals surface area (Å²) >= 11 is 1.65. The van der Waals surface area contributed by atoms with E-state index in [1.807, 2.05) is 12.1 Å². The Bertz CT molecular complexity index is 804. The lowest BCUT2D eigenvalue weighted by atomic mass is 10.1. The molecule has 0 saturated carbocycles. The highest BCUT2D eigenvalue weighted by Crippen LogP contribution is 2.31. The van der Waals surface area contributed by atoms with Crippen molar-refractivity contribution in [2.24, 2.45) is 0 Å². The summed E-state index contributed by atoms with van der Waals surface area (Å²) in [5, 5.41) is 23.3. The predicted octanol–water partition coefficient (Wildman–Crippen LogP) is 3.41. The summed E-state index contributed by atoms with van der Waals surface area (Å²) in [6.45, 7) is 4.84. The number of anilines is 1. The molecule has 4 N–H and O–H groups in total. The molecule has 0 aliphatic heterocycles. The Morgan fingerprint density at radius 2 is 1.77 bits per heavy atom. The number of hydrogen-bond acceptors (Lipinski definition) is 4. The van der Waals surface area contributed by atoms with E-state index in [1.54, 1.807) is 23.9 Å². The average Bonchev–Trinajstić information content (AvgIpc) is 2.58. The third-order valence-electron chi connectivity index (χ3n) is 3.74. The van der Waals surface area contributed by atoms with Crippen LogP contribution in [0.15, 0.2) is 52.3 Å². The van der Waals surface area contributed by atoms with Crippen LogP contribution in [0.2, 0.25) is 0 Å². The zero-order valence-electron chi connectivity index (χ0n) is 14.9. The number of hydrogen-bond donors (Lipinski definition) is 4. The number of aliphatic carboxylic acids is 1. The minimum Gasteiger partial charge on any atom is -0.479 e. The molecule has 0 aliphatic rings. The SMILES string of the molecule is Cc1ccc(C)c(Sc2ccc(NC(=O)NCC(C)(O)C(=O)O)cc2)c1. The third-order valence-corrected chi connectivity index (χ3v) is 4.91. The van der Waals surface area contributed by atoms with Gasteiger partial charge in [-0.2, -0.15) is 0 Å². The number of carbonyl (C=O) groups is 2. The first-order valence-corrected chi connectivity index (χ1v) is 8.85. The van der Waals surface area contributed by atoms with Crippen molar-refractivity contribution in [3.63, 3.8) is 0 Å². The molecule has 7 heteroatoms. The van der Waals surface area contributed by atoms with Crippen molar-refractivity contribution in [1.82, 2.24) is 5.32 Å². The summed E-state index contributed by atoms with van der Waals surface area (Å²) in [7, 11) is 0. The minimum absolute atomic E-state index is 0.394. The van der Waals surface area contributed by atoms with Gasteiger partial charge in [-0.1, -0.05) is 23.9 Å². The molecule has 0 aromatic heterocycles. The molecule has 1 unspecified atom stereocenters. The Morgan fingerprint density at radius 1 is 1.12 bits per heavy atom. The van der Waals surface area contributed by atoms with E-state index in [0.29, 0.717) is 5.69 Å². The minimum atomic E-state index is -2.01. The first-order chi connectivity index (χ1) is 12.2. The van der Waals surface area contributed by atoms with Crippen LogP contribution in [0.5, 0.6) is 0 Å². The molecule has 26 heavy (non-hydrogen) atoms. The van der Waals surface area contributed by atoms with Crippen molar-refractivity contribution in [1.29, 1.82) is 0 Å². The van der Waals surface area contributed by atoms with Crippen LogP contribution < -0.4 is 10.6 Å². The lowest BCUT2D eigenvalue weighted by Crippen LogP contribution is -2.47. The number of aryl methyl sites for hydroxylation is 2. The van der Waals surface area contributed by atoms with Gasteiger partial charge in [-0.3, -0.25) is 0 Å². The van der Waals surface area contributed by atoms with E-state index in [2.05, 4.69) is 42.7 Å². The van der Waals surface area contributed by atoms with Gasteiger partial charge >= 0.3 is 12.0 Å². The molecule has 6 nitrogen and oxygen atoms in total. The zero-order valence-corrected chi connectivity index (χ0v) is 15.7. The Balaban J connectivity index is 1.94. The molecule has 138 valence electrons. The molecule has 2 amide bonds. The molecule has 2 aromatic rings. The van der Waals surface area contributed by atoms with Crippen LogP contribution in [-0.4, -0.2) is 34.4 Å². The number of aliphatic hydroxyl groups is 1. The van der Waals surface area contributed by atoms with Crippen LogP contribution in [0.4, 0.5) is 10.5 Å². The van der Waals surface area contributed by atoms with Crippen LogP contribution in [-0.2, 0) is 4.79 Å².